The first-order valence-corrected chi connectivity index (χ1v) is 8.67. The number of nitrogens with zero attached hydrogens (tertiary/aromatic N) is 3. The van der Waals surface area contributed by atoms with E-state index in [1.807, 2.05) is 14.1 Å². The fourth-order valence-electron chi connectivity index (χ4n) is 1.82. The normalized spacial score (nSPS) is 16.3. The van der Waals surface area contributed by atoms with Gasteiger partial charge in [0.2, 0.25) is 5.96 Å². The van der Waals surface area contributed by atoms with Gasteiger partial charge in [-0.05, 0) is 38.4 Å². The molecular weight excluding hydrogens is 326 g/mol. The van der Waals surface area contributed by atoms with Crippen LogP contribution in [-0.2, 0) is 10.0 Å². The van der Waals surface area contributed by atoms with E-state index in [9.17, 15) is 8.42 Å². The quantitative estimate of drug-likeness (QED) is 0.805. The Kier molecular flexibility index (Phi) is 5.63. The summed E-state index contributed by atoms with van der Waals surface area (Å²) in [7, 11) is 0.364. The summed E-state index contributed by atoms with van der Waals surface area (Å²) in [6, 6.07) is 5.99. The predicted octanol–water partition coefficient (Wildman–Crippen LogP) is 0.356. The molecule has 0 radical (unpaired) electrons. The van der Waals surface area contributed by atoms with Crippen molar-refractivity contribution in [2.75, 3.05) is 40.5 Å². The predicted molar refractivity (Wildman–Crippen MR) is 87.3 cm³/mol. The number of likely N-dealkylation sites (N-methyl/N-ethyl adjacent to an activating group) is 1. The summed E-state index contributed by atoms with van der Waals surface area (Å²) in [6.07, 6.45) is 0. The first-order chi connectivity index (χ1) is 10.4. The van der Waals surface area contributed by atoms with Crippen molar-refractivity contribution in [2.45, 2.75) is 4.90 Å². The van der Waals surface area contributed by atoms with Gasteiger partial charge in [-0.25, -0.2) is 18.1 Å². The van der Waals surface area contributed by atoms with Gasteiger partial charge >= 0.3 is 0 Å². The molecule has 0 spiro atoms. The molecule has 1 aliphatic rings. The molecule has 2 rings (SSSR count). The molecule has 2 N–H and O–H groups in total. The molecule has 0 unspecified atom stereocenters. The SMILES string of the molecule is CN(C)CCN1CN=C(NS(=O)(=O)c2ccc(Cl)cc2)NC1. The molecule has 1 aromatic carbocycles. The van der Waals surface area contributed by atoms with Crippen LogP contribution in [0.15, 0.2) is 34.2 Å². The average molecular weight is 346 g/mol. The molecule has 9 heteroatoms. The zero-order chi connectivity index (χ0) is 16.2. The van der Waals surface area contributed by atoms with Crippen molar-refractivity contribution in [1.82, 2.24) is 19.8 Å². The Morgan fingerprint density at radius 1 is 1.36 bits per heavy atom. The van der Waals surface area contributed by atoms with Crippen LogP contribution in [0.5, 0.6) is 0 Å². The highest BCUT2D eigenvalue weighted by Gasteiger charge is 2.19. The second kappa shape index (κ2) is 7.28. The summed E-state index contributed by atoms with van der Waals surface area (Å²) >= 11 is 5.76. The third kappa shape index (κ3) is 4.84. The number of guanidine groups is 1. The maximum Gasteiger partial charge on any atom is 0.264 e. The highest BCUT2D eigenvalue weighted by atomic mass is 35.5. The molecule has 0 saturated heterocycles. The van der Waals surface area contributed by atoms with Crippen LogP contribution in [0, 0.1) is 0 Å². The van der Waals surface area contributed by atoms with Gasteiger partial charge in [-0.1, -0.05) is 11.6 Å². The maximum atomic E-state index is 12.2. The summed E-state index contributed by atoms with van der Waals surface area (Å²) in [4.78, 5) is 8.53. The van der Waals surface area contributed by atoms with Gasteiger partial charge in [-0.2, -0.15) is 0 Å². The van der Waals surface area contributed by atoms with Gasteiger partial charge in [-0.3, -0.25) is 4.90 Å². The van der Waals surface area contributed by atoms with Gasteiger partial charge < -0.3 is 10.2 Å². The van der Waals surface area contributed by atoms with Crippen LogP contribution < -0.4 is 10.0 Å². The number of hydrogen-bond donors (Lipinski definition) is 2. The van der Waals surface area contributed by atoms with Gasteiger partial charge in [-0.15, -0.1) is 0 Å². The lowest BCUT2D eigenvalue weighted by Gasteiger charge is -2.27. The standard InChI is InChI=1S/C13H20ClN5O2S/c1-18(2)7-8-19-9-15-13(16-10-19)17-22(20,21)12-5-3-11(14)4-6-12/h3-6H,7-10H2,1-2H3,(H2,15,16,17). The maximum absolute atomic E-state index is 12.2. The fraction of sp³-hybridized carbons (Fsp3) is 0.462. The van der Waals surface area contributed by atoms with Crippen molar-refractivity contribution in [2.24, 2.45) is 4.99 Å². The van der Waals surface area contributed by atoms with E-state index in [0.717, 1.165) is 13.1 Å². The van der Waals surface area contributed by atoms with E-state index in [4.69, 9.17) is 11.6 Å². The molecule has 0 aliphatic carbocycles. The molecule has 1 heterocycles. The number of sulfonamides is 1. The minimum absolute atomic E-state index is 0.149. The molecule has 0 bridgehead atoms. The Balaban J connectivity index is 1.95. The lowest BCUT2D eigenvalue weighted by Crippen LogP contribution is -2.51. The Labute approximate surface area is 136 Å². The number of benzene rings is 1. The van der Waals surface area contributed by atoms with Crippen LogP contribution in [0.1, 0.15) is 0 Å². The van der Waals surface area contributed by atoms with Crippen molar-refractivity contribution in [3.63, 3.8) is 0 Å². The van der Waals surface area contributed by atoms with Gasteiger partial charge in [0.05, 0.1) is 18.2 Å². The topological polar surface area (TPSA) is 77.0 Å². The van der Waals surface area contributed by atoms with E-state index in [1.165, 1.54) is 24.3 Å². The highest BCUT2D eigenvalue weighted by Crippen LogP contribution is 2.13. The van der Waals surface area contributed by atoms with Crippen molar-refractivity contribution >= 4 is 27.6 Å². The number of rotatable bonds is 5. The average Bonchev–Trinajstić information content (AvgIpc) is 2.46. The third-order valence-electron chi connectivity index (χ3n) is 3.12. The molecular formula is C13H20ClN5O2S. The van der Waals surface area contributed by atoms with E-state index in [0.29, 0.717) is 18.4 Å². The molecule has 7 nitrogen and oxygen atoms in total. The van der Waals surface area contributed by atoms with E-state index >= 15 is 0 Å². The minimum atomic E-state index is -3.65. The van der Waals surface area contributed by atoms with Gasteiger partial charge in [0.15, 0.2) is 0 Å². The number of nitrogens with one attached hydrogen (secondary N) is 2. The Morgan fingerprint density at radius 2 is 2.05 bits per heavy atom. The van der Waals surface area contributed by atoms with E-state index in [-0.39, 0.29) is 10.9 Å². The molecule has 0 fully saturated rings. The Morgan fingerprint density at radius 3 is 2.59 bits per heavy atom. The van der Waals surface area contributed by atoms with E-state index in [1.54, 1.807) is 0 Å². The van der Waals surface area contributed by atoms with Crippen LogP contribution in [0.4, 0.5) is 0 Å². The lowest BCUT2D eigenvalue weighted by atomic mass is 10.4. The molecule has 1 aliphatic heterocycles. The largest absolute Gasteiger partial charge is 0.343 e. The number of halogens is 1. The monoisotopic (exact) mass is 345 g/mol. The third-order valence-corrected chi connectivity index (χ3v) is 4.72. The molecule has 0 saturated carbocycles. The van der Waals surface area contributed by atoms with Crippen LogP contribution in [0.25, 0.3) is 0 Å². The molecule has 122 valence electrons. The van der Waals surface area contributed by atoms with Gasteiger partial charge in [0, 0.05) is 18.1 Å². The lowest BCUT2D eigenvalue weighted by molar-refractivity contribution is 0.233. The summed E-state index contributed by atoms with van der Waals surface area (Å²) in [5.74, 6) is 0.260. The minimum Gasteiger partial charge on any atom is -0.343 e. The zero-order valence-electron chi connectivity index (χ0n) is 12.6. The smallest absolute Gasteiger partial charge is 0.264 e. The summed E-state index contributed by atoms with van der Waals surface area (Å²) in [6.45, 7) is 2.79. The van der Waals surface area contributed by atoms with Crippen molar-refractivity contribution in [3.05, 3.63) is 29.3 Å². The Bertz CT molecular complexity index is 630. The molecule has 0 amide bonds. The van der Waals surface area contributed by atoms with Gasteiger partial charge in [0.1, 0.15) is 0 Å². The van der Waals surface area contributed by atoms with Crippen LogP contribution >= 0.6 is 11.6 Å². The molecule has 0 aromatic heterocycles. The highest BCUT2D eigenvalue weighted by molar-refractivity contribution is 7.90. The van der Waals surface area contributed by atoms with E-state index in [2.05, 4.69) is 24.8 Å². The summed E-state index contributed by atoms with van der Waals surface area (Å²) in [5.41, 5.74) is 0. The summed E-state index contributed by atoms with van der Waals surface area (Å²) < 4.78 is 26.9. The van der Waals surface area contributed by atoms with E-state index < -0.39 is 10.0 Å². The Hall–Kier alpha value is -1.35. The van der Waals surface area contributed by atoms with Crippen LogP contribution in [0.2, 0.25) is 5.02 Å². The van der Waals surface area contributed by atoms with Gasteiger partial charge in [0.25, 0.3) is 10.0 Å². The first kappa shape index (κ1) is 17.0. The van der Waals surface area contributed by atoms with Crippen LogP contribution in [-0.4, -0.2) is 64.7 Å². The first-order valence-electron chi connectivity index (χ1n) is 6.80. The van der Waals surface area contributed by atoms with Crippen molar-refractivity contribution < 1.29 is 8.42 Å². The molecule has 22 heavy (non-hydrogen) atoms. The van der Waals surface area contributed by atoms with Crippen molar-refractivity contribution in [1.29, 1.82) is 0 Å². The second-order valence-corrected chi connectivity index (χ2v) is 7.36. The number of aliphatic imine (C=N–C) groups is 1. The molecule has 1 aromatic rings. The number of hydrogen-bond acceptors (Lipinski definition) is 6. The van der Waals surface area contributed by atoms with Crippen LogP contribution in [0.3, 0.4) is 0 Å². The fourth-order valence-corrected chi connectivity index (χ4v) is 2.95. The summed E-state index contributed by atoms with van der Waals surface area (Å²) in [5, 5.41) is 3.46. The zero-order valence-corrected chi connectivity index (χ0v) is 14.2. The second-order valence-electron chi connectivity index (χ2n) is 5.24. The van der Waals surface area contributed by atoms with Crippen molar-refractivity contribution in [3.8, 4) is 0 Å². The molecule has 0 atom stereocenters.